The summed E-state index contributed by atoms with van der Waals surface area (Å²) in [5.74, 6) is 0. The minimum atomic E-state index is -3.84. The van der Waals surface area contributed by atoms with E-state index in [0.29, 0.717) is 29.0 Å². The lowest BCUT2D eigenvalue weighted by Gasteiger charge is -2.29. The van der Waals surface area contributed by atoms with Crippen molar-refractivity contribution in [2.24, 2.45) is 0 Å². The molecule has 2 N–H and O–H groups in total. The number of aryl methyl sites for hydroxylation is 1. The predicted molar refractivity (Wildman–Crippen MR) is 86.7 cm³/mol. The van der Waals surface area contributed by atoms with Crippen LogP contribution in [0.1, 0.15) is 37.8 Å². The zero-order valence-corrected chi connectivity index (χ0v) is 15.0. The molecule has 0 aliphatic carbocycles. The largest absolute Gasteiger partial charge is 0.396 e. The molecule has 0 aromatic heterocycles. The Kier molecular flexibility index (Phi) is 6.09. The number of nitrogens with one attached hydrogen (secondary N) is 1. The summed E-state index contributed by atoms with van der Waals surface area (Å²) in [7, 11) is -3.84. The highest BCUT2D eigenvalue weighted by Crippen LogP contribution is 2.34. The highest BCUT2D eigenvalue weighted by molar-refractivity contribution is 7.89. The van der Waals surface area contributed by atoms with Crippen LogP contribution in [-0.4, -0.2) is 25.7 Å². The van der Waals surface area contributed by atoms with E-state index >= 15 is 0 Å². The second-order valence-electron chi connectivity index (χ2n) is 5.44. The quantitative estimate of drug-likeness (QED) is 0.822. The molecule has 1 atom stereocenters. The lowest BCUT2D eigenvalue weighted by molar-refractivity contribution is 0.233. The third-order valence-corrected chi connectivity index (χ3v) is 6.48. The molecule has 4 nitrogen and oxygen atoms in total. The van der Waals surface area contributed by atoms with Crippen molar-refractivity contribution < 1.29 is 13.5 Å². The van der Waals surface area contributed by atoms with Crippen molar-refractivity contribution in [1.82, 2.24) is 4.72 Å². The van der Waals surface area contributed by atoms with E-state index in [4.69, 9.17) is 28.3 Å². The van der Waals surface area contributed by atoms with Crippen LogP contribution in [0.25, 0.3) is 0 Å². The third-order valence-electron chi connectivity index (χ3n) is 3.68. The standard InChI is InChI=1S/C14H21Cl2NO3S/c1-5-14(4,6-7-18)17-21(19,20)13-10(3)11(15)8-9(2)12(13)16/h8,17-18H,5-7H2,1-4H3. The zero-order chi connectivity index (χ0) is 16.4. The number of rotatable bonds is 6. The highest BCUT2D eigenvalue weighted by atomic mass is 35.5. The molecule has 0 saturated carbocycles. The Balaban J connectivity index is 3.39. The fraction of sp³-hybridized carbons (Fsp3) is 0.571. The van der Waals surface area contributed by atoms with Crippen molar-refractivity contribution in [3.05, 3.63) is 27.2 Å². The van der Waals surface area contributed by atoms with Gasteiger partial charge in [0.25, 0.3) is 0 Å². The van der Waals surface area contributed by atoms with Crippen LogP contribution in [0.2, 0.25) is 10.0 Å². The number of aliphatic hydroxyl groups excluding tert-OH is 1. The van der Waals surface area contributed by atoms with Crippen LogP contribution in [0.4, 0.5) is 0 Å². The summed E-state index contributed by atoms with van der Waals surface area (Å²) in [5, 5.41) is 9.65. The molecule has 1 aromatic carbocycles. The fourth-order valence-corrected chi connectivity index (χ4v) is 4.78. The van der Waals surface area contributed by atoms with E-state index in [1.807, 2.05) is 6.92 Å². The fourth-order valence-electron chi connectivity index (χ4n) is 2.06. The van der Waals surface area contributed by atoms with Gasteiger partial charge in [-0.25, -0.2) is 13.1 Å². The van der Waals surface area contributed by atoms with Gasteiger partial charge < -0.3 is 5.11 Å². The van der Waals surface area contributed by atoms with Crippen LogP contribution in [0.3, 0.4) is 0 Å². The number of hydrogen-bond acceptors (Lipinski definition) is 3. The minimum absolute atomic E-state index is 0.00628. The molecule has 0 spiro atoms. The van der Waals surface area contributed by atoms with Gasteiger partial charge in [-0.1, -0.05) is 30.1 Å². The second-order valence-corrected chi connectivity index (χ2v) is 7.84. The van der Waals surface area contributed by atoms with Gasteiger partial charge in [-0.2, -0.15) is 0 Å². The van der Waals surface area contributed by atoms with Gasteiger partial charge in [0.05, 0.1) is 5.02 Å². The average Bonchev–Trinajstić information content (AvgIpc) is 2.36. The normalized spacial score (nSPS) is 15.0. The Morgan fingerprint density at radius 3 is 2.38 bits per heavy atom. The van der Waals surface area contributed by atoms with Crippen LogP contribution >= 0.6 is 23.2 Å². The molecule has 7 heteroatoms. The molecular formula is C14H21Cl2NO3S. The molecule has 0 aliphatic heterocycles. The van der Waals surface area contributed by atoms with Crippen molar-refractivity contribution in [2.75, 3.05) is 6.61 Å². The Morgan fingerprint density at radius 1 is 1.33 bits per heavy atom. The number of hydrogen-bond donors (Lipinski definition) is 2. The molecule has 0 bridgehead atoms. The van der Waals surface area contributed by atoms with Gasteiger partial charge in [0.2, 0.25) is 10.0 Å². The first-order valence-corrected chi connectivity index (χ1v) is 8.92. The Morgan fingerprint density at radius 2 is 1.90 bits per heavy atom. The van der Waals surface area contributed by atoms with Crippen LogP contribution < -0.4 is 4.72 Å². The molecule has 1 aromatic rings. The first kappa shape index (κ1) is 18.7. The number of aliphatic hydroxyl groups is 1. The first-order chi connectivity index (χ1) is 9.58. The maximum Gasteiger partial charge on any atom is 0.242 e. The monoisotopic (exact) mass is 353 g/mol. The molecule has 0 amide bonds. The van der Waals surface area contributed by atoms with E-state index in [1.54, 1.807) is 26.8 Å². The van der Waals surface area contributed by atoms with E-state index in [-0.39, 0.29) is 16.5 Å². The summed E-state index contributed by atoms with van der Waals surface area (Å²) in [6, 6.07) is 1.64. The second kappa shape index (κ2) is 6.84. The molecule has 0 radical (unpaired) electrons. The summed E-state index contributed by atoms with van der Waals surface area (Å²) < 4.78 is 28.0. The molecule has 21 heavy (non-hydrogen) atoms. The summed E-state index contributed by atoms with van der Waals surface area (Å²) in [6.45, 7) is 6.84. The third kappa shape index (κ3) is 4.11. The SMILES string of the molecule is CCC(C)(CCO)NS(=O)(=O)c1c(C)c(Cl)cc(C)c1Cl. The van der Waals surface area contributed by atoms with E-state index in [2.05, 4.69) is 4.72 Å². The molecule has 0 aliphatic rings. The molecular weight excluding hydrogens is 333 g/mol. The van der Waals surface area contributed by atoms with Gasteiger partial charge in [-0.3, -0.25) is 0 Å². The molecule has 0 heterocycles. The lowest BCUT2D eigenvalue weighted by atomic mass is 9.97. The molecule has 120 valence electrons. The summed E-state index contributed by atoms with van der Waals surface area (Å²) in [4.78, 5) is 0.00628. The summed E-state index contributed by atoms with van der Waals surface area (Å²) in [6.07, 6.45) is 0.863. The van der Waals surface area contributed by atoms with Crippen molar-refractivity contribution in [3.8, 4) is 0 Å². The van der Waals surface area contributed by atoms with Crippen molar-refractivity contribution in [1.29, 1.82) is 0 Å². The highest BCUT2D eigenvalue weighted by Gasteiger charge is 2.32. The summed E-state index contributed by atoms with van der Waals surface area (Å²) in [5.41, 5.74) is 0.287. The Labute approximate surface area is 136 Å². The van der Waals surface area contributed by atoms with Crippen molar-refractivity contribution >= 4 is 33.2 Å². The van der Waals surface area contributed by atoms with Gasteiger partial charge in [0.1, 0.15) is 4.90 Å². The van der Waals surface area contributed by atoms with Gasteiger partial charge in [-0.15, -0.1) is 0 Å². The zero-order valence-electron chi connectivity index (χ0n) is 12.6. The first-order valence-electron chi connectivity index (χ1n) is 6.68. The van der Waals surface area contributed by atoms with Gasteiger partial charge in [0, 0.05) is 17.2 Å². The van der Waals surface area contributed by atoms with Crippen LogP contribution in [0.5, 0.6) is 0 Å². The Hall–Kier alpha value is -0.330. The van der Waals surface area contributed by atoms with E-state index in [9.17, 15) is 8.42 Å². The Bertz CT molecular complexity index is 605. The smallest absolute Gasteiger partial charge is 0.242 e. The summed E-state index contributed by atoms with van der Waals surface area (Å²) >= 11 is 12.2. The molecule has 0 saturated heterocycles. The van der Waals surface area contributed by atoms with Gasteiger partial charge >= 0.3 is 0 Å². The van der Waals surface area contributed by atoms with Crippen LogP contribution in [-0.2, 0) is 10.0 Å². The molecule has 0 fully saturated rings. The number of sulfonamides is 1. The van der Waals surface area contributed by atoms with Crippen LogP contribution in [0, 0.1) is 13.8 Å². The molecule has 1 unspecified atom stereocenters. The van der Waals surface area contributed by atoms with Gasteiger partial charge in [-0.05, 0) is 50.8 Å². The maximum atomic E-state index is 12.7. The van der Waals surface area contributed by atoms with E-state index in [0.717, 1.165) is 0 Å². The average molecular weight is 354 g/mol. The lowest BCUT2D eigenvalue weighted by Crippen LogP contribution is -2.46. The minimum Gasteiger partial charge on any atom is -0.396 e. The van der Waals surface area contributed by atoms with E-state index < -0.39 is 15.6 Å². The van der Waals surface area contributed by atoms with Crippen molar-refractivity contribution in [3.63, 3.8) is 0 Å². The topological polar surface area (TPSA) is 66.4 Å². The predicted octanol–water partition coefficient (Wildman–Crippen LogP) is 3.44. The van der Waals surface area contributed by atoms with Crippen molar-refractivity contribution in [2.45, 2.75) is 51.0 Å². The maximum absolute atomic E-state index is 12.7. The number of halogens is 2. The van der Waals surface area contributed by atoms with E-state index in [1.165, 1.54) is 0 Å². The number of benzene rings is 1. The van der Waals surface area contributed by atoms with Gasteiger partial charge in [0.15, 0.2) is 0 Å². The molecule has 1 rings (SSSR count). The van der Waals surface area contributed by atoms with Crippen LogP contribution in [0.15, 0.2) is 11.0 Å².